The van der Waals surface area contributed by atoms with Crippen LogP contribution in [-0.2, 0) is 10.8 Å². The lowest BCUT2D eigenvalue weighted by molar-refractivity contribution is -0.0405. The Morgan fingerprint density at radius 1 is 0.731 bits per heavy atom. The molecule has 26 heavy (non-hydrogen) atoms. The Bertz CT molecular complexity index is 866. The molecule has 0 radical (unpaired) electrons. The van der Waals surface area contributed by atoms with Crippen molar-refractivity contribution >= 4 is 0 Å². The standard InChI is InChI=1S/C26H30/c1-25(2,3)23-10-6-8-21-20-7-4-5-9-22(20)26(24(21)23)18-12-16-11-17(14-18)15-19(26)13-16/h4-10,16-19H,11-15H2,1-3H3. The van der Waals surface area contributed by atoms with E-state index in [1.54, 1.807) is 27.8 Å². The molecular formula is C26H30. The van der Waals surface area contributed by atoms with Crippen LogP contribution in [0.1, 0.15) is 69.6 Å². The predicted octanol–water partition coefficient (Wildman–Crippen LogP) is 6.71. The topological polar surface area (TPSA) is 0 Å². The van der Waals surface area contributed by atoms with Gasteiger partial charge in [-0.25, -0.2) is 0 Å². The minimum atomic E-state index is 0.203. The Morgan fingerprint density at radius 3 is 2.00 bits per heavy atom. The summed E-state index contributed by atoms with van der Waals surface area (Å²) >= 11 is 0. The van der Waals surface area contributed by atoms with Gasteiger partial charge in [-0.05, 0) is 89.0 Å². The number of fused-ring (bicyclic) bond motifs is 3. The van der Waals surface area contributed by atoms with E-state index in [0.29, 0.717) is 5.41 Å². The van der Waals surface area contributed by atoms with Crippen LogP contribution in [0.3, 0.4) is 0 Å². The molecule has 0 aliphatic heterocycles. The molecule has 1 spiro atoms. The lowest BCUT2D eigenvalue weighted by atomic mass is 9.42. The number of rotatable bonds is 0. The molecule has 4 fully saturated rings. The Labute approximate surface area is 158 Å². The van der Waals surface area contributed by atoms with E-state index >= 15 is 0 Å². The molecule has 5 aliphatic rings. The normalized spacial score (nSPS) is 36.4. The Hall–Kier alpha value is -1.56. The molecule has 0 amide bonds. The summed E-state index contributed by atoms with van der Waals surface area (Å²) in [6.45, 7) is 7.24. The van der Waals surface area contributed by atoms with Gasteiger partial charge in [0.2, 0.25) is 0 Å². The summed E-state index contributed by atoms with van der Waals surface area (Å²) in [5, 5.41) is 0. The summed E-state index contributed by atoms with van der Waals surface area (Å²) in [4.78, 5) is 0. The monoisotopic (exact) mass is 342 g/mol. The molecule has 4 bridgehead atoms. The minimum Gasteiger partial charge on any atom is -0.0619 e. The quantitative estimate of drug-likeness (QED) is 0.499. The van der Waals surface area contributed by atoms with Gasteiger partial charge in [0, 0.05) is 5.41 Å². The van der Waals surface area contributed by atoms with Crippen LogP contribution in [-0.4, -0.2) is 0 Å². The molecule has 0 atom stereocenters. The van der Waals surface area contributed by atoms with E-state index in [9.17, 15) is 0 Å². The lowest BCUT2D eigenvalue weighted by Crippen LogP contribution is -2.55. The van der Waals surface area contributed by atoms with Crippen LogP contribution in [0, 0.1) is 23.7 Å². The molecule has 4 saturated carbocycles. The van der Waals surface area contributed by atoms with Crippen molar-refractivity contribution in [2.24, 2.45) is 23.7 Å². The first kappa shape index (κ1) is 15.5. The highest BCUT2D eigenvalue weighted by atomic mass is 14.7. The first-order valence-electron chi connectivity index (χ1n) is 10.7. The molecule has 5 aliphatic carbocycles. The largest absolute Gasteiger partial charge is 0.0619 e. The summed E-state index contributed by atoms with van der Waals surface area (Å²) < 4.78 is 0. The zero-order valence-corrected chi connectivity index (χ0v) is 16.4. The molecule has 0 heteroatoms. The average Bonchev–Trinajstić information content (AvgIpc) is 2.90. The molecule has 0 N–H and O–H groups in total. The van der Waals surface area contributed by atoms with Crippen LogP contribution < -0.4 is 0 Å². The van der Waals surface area contributed by atoms with Crippen LogP contribution >= 0.6 is 0 Å². The van der Waals surface area contributed by atoms with E-state index < -0.39 is 0 Å². The third kappa shape index (κ3) is 1.72. The molecular weight excluding hydrogens is 312 g/mol. The molecule has 0 aromatic heterocycles. The number of benzene rings is 2. The second-order valence-corrected chi connectivity index (χ2v) is 10.7. The zero-order chi connectivity index (χ0) is 17.7. The van der Waals surface area contributed by atoms with Crippen LogP contribution in [0.5, 0.6) is 0 Å². The van der Waals surface area contributed by atoms with Crippen LogP contribution in [0.25, 0.3) is 11.1 Å². The van der Waals surface area contributed by atoms with E-state index in [0.717, 1.165) is 23.7 Å². The van der Waals surface area contributed by atoms with E-state index in [4.69, 9.17) is 0 Å². The average molecular weight is 343 g/mol. The number of hydrogen-bond donors (Lipinski definition) is 0. The van der Waals surface area contributed by atoms with Gasteiger partial charge in [0.1, 0.15) is 0 Å². The molecule has 0 nitrogen and oxygen atoms in total. The van der Waals surface area contributed by atoms with Crippen LogP contribution in [0.2, 0.25) is 0 Å². The Morgan fingerprint density at radius 2 is 1.35 bits per heavy atom. The molecule has 0 unspecified atom stereocenters. The first-order chi connectivity index (χ1) is 12.5. The van der Waals surface area contributed by atoms with Gasteiger partial charge < -0.3 is 0 Å². The van der Waals surface area contributed by atoms with Gasteiger partial charge in [-0.15, -0.1) is 0 Å². The van der Waals surface area contributed by atoms with Gasteiger partial charge in [0.15, 0.2) is 0 Å². The smallest absolute Gasteiger partial charge is 0.0274 e. The molecule has 134 valence electrons. The van der Waals surface area contributed by atoms with Gasteiger partial charge in [-0.2, -0.15) is 0 Å². The highest BCUT2D eigenvalue weighted by molar-refractivity contribution is 5.83. The maximum absolute atomic E-state index is 2.49. The van der Waals surface area contributed by atoms with Crippen molar-refractivity contribution in [3.05, 3.63) is 59.2 Å². The SMILES string of the molecule is CC(C)(C)c1cccc2c1C1(c3ccccc3-2)C2CC3CC(C2)CC1C3. The third-order valence-electron chi connectivity index (χ3n) is 8.38. The Kier molecular flexibility index (Phi) is 2.88. The molecule has 7 rings (SSSR count). The van der Waals surface area contributed by atoms with E-state index in [1.807, 2.05) is 0 Å². The van der Waals surface area contributed by atoms with Gasteiger partial charge in [0.05, 0.1) is 0 Å². The van der Waals surface area contributed by atoms with Crippen molar-refractivity contribution in [2.45, 2.75) is 63.7 Å². The van der Waals surface area contributed by atoms with Crippen molar-refractivity contribution in [1.29, 1.82) is 0 Å². The van der Waals surface area contributed by atoms with E-state index in [2.05, 4.69) is 63.2 Å². The van der Waals surface area contributed by atoms with Crippen LogP contribution in [0.15, 0.2) is 42.5 Å². The van der Waals surface area contributed by atoms with Crippen molar-refractivity contribution < 1.29 is 0 Å². The van der Waals surface area contributed by atoms with Crippen molar-refractivity contribution in [2.75, 3.05) is 0 Å². The third-order valence-corrected chi connectivity index (χ3v) is 8.38. The highest BCUT2D eigenvalue weighted by Crippen LogP contribution is 2.70. The van der Waals surface area contributed by atoms with Gasteiger partial charge >= 0.3 is 0 Å². The van der Waals surface area contributed by atoms with Gasteiger partial charge in [-0.1, -0.05) is 63.2 Å². The van der Waals surface area contributed by atoms with E-state index in [1.165, 1.54) is 32.1 Å². The summed E-state index contributed by atoms with van der Waals surface area (Å²) in [5.74, 6) is 3.76. The zero-order valence-electron chi connectivity index (χ0n) is 16.4. The fourth-order valence-corrected chi connectivity index (χ4v) is 7.84. The molecule has 0 heterocycles. The highest BCUT2D eigenvalue weighted by Gasteiger charge is 2.62. The first-order valence-corrected chi connectivity index (χ1v) is 10.7. The van der Waals surface area contributed by atoms with E-state index in [-0.39, 0.29) is 5.41 Å². The van der Waals surface area contributed by atoms with Gasteiger partial charge in [-0.3, -0.25) is 0 Å². The molecule has 2 aromatic rings. The summed E-state index contributed by atoms with van der Waals surface area (Å²) in [5.41, 5.74) is 8.64. The van der Waals surface area contributed by atoms with Crippen molar-refractivity contribution in [3.8, 4) is 11.1 Å². The summed E-state index contributed by atoms with van der Waals surface area (Å²) in [7, 11) is 0. The number of hydrogen-bond acceptors (Lipinski definition) is 0. The molecule has 0 saturated heterocycles. The second-order valence-electron chi connectivity index (χ2n) is 10.7. The second kappa shape index (κ2) is 4.83. The fourth-order valence-electron chi connectivity index (χ4n) is 7.84. The van der Waals surface area contributed by atoms with Crippen molar-refractivity contribution in [3.63, 3.8) is 0 Å². The van der Waals surface area contributed by atoms with Crippen molar-refractivity contribution in [1.82, 2.24) is 0 Å². The predicted molar refractivity (Wildman–Crippen MR) is 108 cm³/mol. The maximum Gasteiger partial charge on any atom is 0.0274 e. The Balaban J connectivity index is 1.71. The minimum absolute atomic E-state index is 0.203. The van der Waals surface area contributed by atoms with Gasteiger partial charge in [0.25, 0.3) is 0 Å². The fraction of sp³-hybridized carbons (Fsp3) is 0.538. The summed E-state index contributed by atoms with van der Waals surface area (Å²) in [6, 6.07) is 16.6. The van der Waals surface area contributed by atoms with Crippen LogP contribution in [0.4, 0.5) is 0 Å². The summed E-state index contributed by atoms with van der Waals surface area (Å²) in [6.07, 6.45) is 7.41. The lowest BCUT2D eigenvalue weighted by Gasteiger charge is -2.61. The molecule has 2 aromatic carbocycles. The maximum atomic E-state index is 2.49.